The largest absolute Gasteiger partial charge is 0.397 e. The van der Waals surface area contributed by atoms with Crippen LogP contribution < -0.4 is 16.4 Å². The summed E-state index contributed by atoms with van der Waals surface area (Å²) in [6.45, 7) is 1.81. The molecule has 104 valence electrons. The summed E-state index contributed by atoms with van der Waals surface area (Å²) in [7, 11) is 1.56. The fraction of sp³-hybridized carbons (Fsp3) is 0.133. The number of nitrogens with one attached hydrogen (secondary N) is 2. The van der Waals surface area contributed by atoms with Crippen molar-refractivity contribution in [1.82, 2.24) is 5.32 Å². The molecule has 2 aromatic carbocycles. The van der Waals surface area contributed by atoms with Crippen molar-refractivity contribution in [2.45, 2.75) is 6.92 Å². The summed E-state index contributed by atoms with van der Waals surface area (Å²) in [4.78, 5) is 11.5. The molecule has 0 saturated heterocycles. The molecule has 0 aromatic heterocycles. The summed E-state index contributed by atoms with van der Waals surface area (Å²) in [5.41, 5.74) is 8.86. The second-order valence-corrected chi connectivity index (χ2v) is 4.52. The standard InChI is InChI=1S/C15H16FN3O/c1-9-5-11(16)8-12(6-9)19-14-4-3-10(7-13(14)17)15(20)18-2/h3-8,19H,17H2,1-2H3,(H,18,20). The first kappa shape index (κ1) is 13.9. The van der Waals surface area contributed by atoms with Crippen LogP contribution in [0.2, 0.25) is 0 Å². The number of benzene rings is 2. The van der Waals surface area contributed by atoms with Gasteiger partial charge in [0.1, 0.15) is 5.82 Å². The lowest BCUT2D eigenvalue weighted by atomic mass is 10.1. The van der Waals surface area contributed by atoms with Crippen molar-refractivity contribution in [3.8, 4) is 0 Å². The zero-order valence-electron chi connectivity index (χ0n) is 11.3. The van der Waals surface area contributed by atoms with Crippen LogP contribution in [-0.2, 0) is 0 Å². The molecule has 1 amide bonds. The van der Waals surface area contributed by atoms with Crippen LogP contribution in [0.4, 0.5) is 21.5 Å². The van der Waals surface area contributed by atoms with Crippen molar-refractivity contribution in [2.24, 2.45) is 0 Å². The molecular formula is C15H16FN3O. The van der Waals surface area contributed by atoms with Gasteiger partial charge in [-0.3, -0.25) is 4.79 Å². The summed E-state index contributed by atoms with van der Waals surface area (Å²) in [6, 6.07) is 9.58. The lowest BCUT2D eigenvalue weighted by Gasteiger charge is -2.11. The molecule has 5 heteroatoms. The number of aryl methyl sites for hydroxylation is 1. The highest BCUT2D eigenvalue weighted by Crippen LogP contribution is 2.25. The van der Waals surface area contributed by atoms with Crippen LogP contribution in [0.1, 0.15) is 15.9 Å². The minimum absolute atomic E-state index is 0.204. The molecule has 0 aliphatic heterocycles. The topological polar surface area (TPSA) is 67.2 Å². The number of anilines is 3. The van der Waals surface area contributed by atoms with Gasteiger partial charge in [0, 0.05) is 18.3 Å². The van der Waals surface area contributed by atoms with Crippen LogP contribution in [0.3, 0.4) is 0 Å². The predicted octanol–water partition coefficient (Wildman–Crippen LogP) is 2.82. The molecule has 2 aromatic rings. The fourth-order valence-corrected chi connectivity index (χ4v) is 1.93. The summed E-state index contributed by atoms with van der Waals surface area (Å²) >= 11 is 0. The number of nitrogens with two attached hydrogens (primary N) is 1. The van der Waals surface area contributed by atoms with Crippen molar-refractivity contribution >= 4 is 23.0 Å². The molecule has 4 nitrogen and oxygen atoms in total. The molecule has 0 unspecified atom stereocenters. The fourth-order valence-electron chi connectivity index (χ4n) is 1.93. The Hall–Kier alpha value is -2.56. The van der Waals surface area contributed by atoms with Gasteiger partial charge in [0.25, 0.3) is 5.91 Å². The third-order valence-electron chi connectivity index (χ3n) is 2.86. The summed E-state index contributed by atoms with van der Waals surface area (Å²) in [5, 5.41) is 5.57. The first-order valence-corrected chi connectivity index (χ1v) is 6.15. The van der Waals surface area contributed by atoms with Crippen LogP contribution >= 0.6 is 0 Å². The molecule has 0 spiro atoms. The maximum absolute atomic E-state index is 13.3. The molecule has 2 rings (SSSR count). The molecule has 20 heavy (non-hydrogen) atoms. The summed E-state index contributed by atoms with van der Waals surface area (Å²) < 4.78 is 13.3. The van der Waals surface area contributed by atoms with Crippen LogP contribution in [0.5, 0.6) is 0 Å². The van der Waals surface area contributed by atoms with Gasteiger partial charge in [-0.05, 0) is 48.9 Å². The van der Waals surface area contributed by atoms with Crippen molar-refractivity contribution in [1.29, 1.82) is 0 Å². The second-order valence-electron chi connectivity index (χ2n) is 4.52. The van der Waals surface area contributed by atoms with Crippen LogP contribution in [0.15, 0.2) is 36.4 Å². The summed E-state index contributed by atoms with van der Waals surface area (Å²) in [6.07, 6.45) is 0. The second kappa shape index (κ2) is 5.61. The zero-order valence-corrected chi connectivity index (χ0v) is 11.3. The molecule has 0 fully saturated rings. The molecule has 0 bridgehead atoms. The van der Waals surface area contributed by atoms with Crippen molar-refractivity contribution < 1.29 is 9.18 Å². The number of amides is 1. The molecule has 0 heterocycles. The van der Waals surface area contributed by atoms with Crippen molar-refractivity contribution in [2.75, 3.05) is 18.1 Å². The molecule has 0 saturated carbocycles. The Morgan fingerprint density at radius 1 is 1.20 bits per heavy atom. The lowest BCUT2D eigenvalue weighted by Crippen LogP contribution is -2.17. The van der Waals surface area contributed by atoms with Gasteiger partial charge < -0.3 is 16.4 Å². The van der Waals surface area contributed by atoms with E-state index in [1.165, 1.54) is 12.1 Å². The van der Waals surface area contributed by atoms with Gasteiger partial charge in [0.2, 0.25) is 0 Å². The van der Waals surface area contributed by atoms with Crippen LogP contribution in [0.25, 0.3) is 0 Å². The minimum Gasteiger partial charge on any atom is -0.397 e. The Morgan fingerprint density at radius 3 is 2.55 bits per heavy atom. The Kier molecular flexibility index (Phi) is 3.89. The first-order valence-electron chi connectivity index (χ1n) is 6.15. The molecule has 4 N–H and O–H groups in total. The van der Waals surface area contributed by atoms with E-state index in [0.717, 1.165) is 5.56 Å². The highest BCUT2D eigenvalue weighted by Gasteiger charge is 2.07. The van der Waals surface area contributed by atoms with Gasteiger partial charge in [-0.1, -0.05) is 0 Å². The number of nitrogen functional groups attached to an aromatic ring is 1. The Morgan fingerprint density at radius 2 is 1.95 bits per heavy atom. The normalized spacial score (nSPS) is 10.2. The molecule has 0 radical (unpaired) electrons. The van der Waals surface area contributed by atoms with Gasteiger partial charge >= 0.3 is 0 Å². The molecule has 0 aliphatic rings. The van der Waals surface area contributed by atoms with E-state index in [1.54, 1.807) is 25.2 Å². The Balaban J connectivity index is 2.27. The highest BCUT2D eigenvalue weighted by atomic mass is 19.1. The predicted molar refractivity (Wildman–Crippen MR) is 78.7 cm³/mol. The quantitative estimate of drug-likeness (QED) is 0.753. The van der Waals surface area contributed by atoms with Gasteiger partial charge in [-0.2, -0.15) is 0 Å². The van der Waals surface area contributed by atoms with Crippen molar-refractivity contribution in [3.05, 3.63) is 53.3 Å². The average molecular weight is 273 g/mol. The smallest absolute Gasteiger partial charge is 0.251 e. The number of rotatable bonds is 3. The number of carbonyl (C=O) groups is 1. The van der Waals surface area contributed by atoms with Gasteiger partial charge in [-0.25, -0.2) is 4.39 Å². The SMILES string of the molecule is CNC(=O)c1ccc(Nc2cc(C)cc(F)c2)c(N)c1. The zero-order chi connectivity index (χ0) is 14.7. The van der Waals surface area contributed by atoms with E-state index in [9.17, 15) is 9.18 Å². The average Bonchev–Trinajstić information content (AvgIpc) is 2.39. The lowest BCUT2D eigenvalue weighted by molar-refractivity contribution is 0.0963. The Bertz CT molecular complexity index is 635. The van der Waals surface area contributed by atoms with Crippen LogP contribution in [-0.4, -0.2) is 13.0 Å². The van der Waals surface area contributed by atoms with E-state index in [1.807, 2.05) is 13.0 Å². The van der Waals surface area contributed by atoms with Gasteiger partial charge in [0.15, 0.2) is 0 Å². The monoisotopic (exact) mass is 273 g/mol. The third-order valence-corrected chi connectivity index (χ3v) is 2.86. The van der Waals surface area contributed by atoms with E-state index >= 15 is 0 Å². The maximum atomic E-state index is 13.3. The number of carbonyl (C=O) groups excluding carboxylic acids is 1. The molecular weight excluding hydrogens is 257 g/mol. The first-order chi connectivity index (χ1) is 9.49. The molecule has 0 aliphatic carbocycles. The Labute approximate surface area is 116 Å². The van der Waals surface area contributed by atoms with Gasteiger partial charge in [0.05, 0.1) is 11.4 Å². The van der Waals surface area contributed by atoms with E-state index in [-0.39, 0.29) is 11.7 Å². The van der Waals surface area contributed by atoms with E-state index < -0.39 is 0 Å². The highest BCUT2D eigenvalue weighted by molar-refractivity contribution is 5.96. The third kappa shape index (κ3) is 3.06. The van der Waals surface area contributed by atoms with Crippen LogP contribution in [0, 0.1) is 12.7 Å². The maximum Gasteiger partial charge on any atom is 0.251 e. The van der Waals surface area contributed by atoms with Gasteiger partial charge in [-0.15, -0.1) is 0 Å². The van der Waals surface area contributed by atoms with E-state index in [2.05, 4.69) is 10.6 Å². The molecule has 0 atom stereocenters. The number of hydrogen-bond donors (Lipinski definition) is 3. The number of halogens is 1. The number of hydrogen-bond acceptors (Lipinski definition) is 3. The minimum atomic E-state index is -0.312. The summed E-state index contributed by atoms with van der Waals surface area (Å²) in [5.74, 6) is -0.516. The van der Waals surface area contributed by atoms with E-state index in [4.69, 9.17) is 5.73 Å². The van der Waals surface area contributed by atoms with E-state index in [0.29, 0.717) is 22.6 Å². The van der Waals surface area contributed by atoms with Crippen molar-refractivity contribution in [3.63, 3.8) is 0 Å².